The smallest absolute Gasteiger partial charge is 0.236 e. The van der Waals surface area contributed by atoms with Gasteiger partial charge in [0.25, 0.3) is 0 Å². The number of carbonyl (C=O) groups excluding carboxylic acids is 1. The van der Waals surface area contributed by atoms with Gasteiger partial charge in [0.1, 0.15) is 5.67 Å². The van der Waals surface area contributed by atoms with Gasteiger partial charge in [-0.3, -0.25) is 9.69 Å². The van der Waals surface area contributed by atoms with Crippen molar-refractivity contribution in [1.82, 2.24) is 9.80 Å². The van der Waals surface area contributed by atoms with Crippen molar-refractivity contribution >= 4 is 5.91 Å². The second kappa shape index (κ2) is 5.97. The highest BCUT2D eigenvalue weighted by Crippen LogP contribution is 2.25. The zero-order valence-electron chi connectivity index (χ0n) is 11.2. The molecule has 1 atom stereocenters. The second-order valence-electron chi connectivity index (χ2n) is 5.49. The van der Waals surface area contributed by atoms with Gasteiger partial charge in [0.05, 0.1) is 13.2 Å². The van der Waals surface area contributed by atoms with Crippen LogP contribution in [0.1, 0.15) is 25.7 Å². The Hall–Kier alpha value is -0.680. The minimum Gasteiger partial charge on any atom is -0.381 e. The molecular formula is C13H23FN2O2. The standard InChI is InChI=1S/C13H23FN2O2/c1-18-11-13(14)5-8-15(10-13)9-12(17)16-6-3-2-4-7-16/h2-11H2,1H3. The zero-order chi connectivity index (χ0) is 13.0. The number of rotatable bonds is 4. The summed E-state index contributed by atoms with van der Waals surface area (Å²) >= 11 is 0. The molecule has 0 aromatic carbocycles. The molecule has 2 heterocycles. The fraction of sp³-hybridized carbons (Fsp3) is 0.923. The Kier molecular flexibility index (Phi) is 4.56. The number of likely N-dealkylation sites (tertiary alicyclic amines) is 2. The van der Waals surface area contributed by atoms with Gasteiger partial charge in [-0.2, -0.15) is 0 Å². The van der Waals surface area contributed by atoms with E-state index in [4.69, 9.17) is 4.74 Å². The summed E-state index contributed by atoms with van der Waals surface area (Å²) in [7, 11) is 1.52. The number of piperidine rings is 1. The average molecular weight is 258 g/mol. The Balaban J connectivity index is 1.78. The van der Waals surface area contributed by atoms with E-state index < -0.39 is 5.67 Å². The molecule has 2 fully saturated rings. The lowest BCUT2D eigenvalue weighted by atomic mass is 10.1. The highest BCUT2D eigenvalue weighted by Gasteiger charge is 2.39. The maximum absolute atomic E-state index is 14.2. The van der Waals surface area contributed by atoms with Gasteiger partial charge in [0.15, 0.2) is 0 Å². The second-order valence-corrected chi connectivity index (χ2v) is 5.49. The third-order valence-corrected chi connectivity index (χ3v) is 3.85. The van der Waals surface area contributed by atoms with E-state index >= 15 is 0 Å². The van der Waals surface area contributed by atoms with Gasteiger partial charge in [-0.25, -0.2) is 4.39 Å². The van der Waals surface area contributed by atoms with E-state index in [2.05, 4.69) is 0 Å². The van der Waals surface area contributed by atoms with Crippen molar-refractivity contribution in [1.29, 1.82) is 0 Å². The van der Waals surface area contributed by atoms with Crippen molar-refractivity contribution in [2.75, 3.05) is 46.4 Å². The van der Waals surface area contributed by atoms with Crippen LogP contribution < -0.4 is 0 Å². The first-order chi connectivity index (χ1) is 8.63. The number of hydrogen-bond acceptors (Lipinski definition) is 3. The summed E-state index contributed by atoms with van der Waals surface area (Å²) in [4.78, 5) is 15.9. The lowest BCUT2D eigenvalue weighted by Gasteiger charge is -2.28. The van der Waals surface area contributed by atoms with E-state index in [0.29, 0.717) is 26.1 Å². The van der Waals surface area contributed by atoms with Crippen molar-refractivity contribution in [2.24, 2.45) is 0 Å². The molecule has 0 aromatic rings. The molecule has 0 aromatic heterocycles. The van der Waals surface area contributed by atoms with Crippen molar-refractivity contribution in [2.45, 2.75) is 31.4 Å². The molecule has 1 unspecified atom stereocenters. The Bertz CT molecular complexity index is 295. The van der Waals surface area contributed by atoms with Gasteiger partial charge in [-0.05, 0) is 25.7 Å². The van der Waals surface area contributed by atoms with Crippen molar-refractivity contribution in [3.05, 3.63) is 0 Å². The normalized spacial score (nSPS) is 29.8. The molecule has 2 saturated heterocycles. The highest BCUT2D eigenvalue weighted by atomic mass is 19.1. The largest absolute Gasteiger partial charge is 0.381 e. The van der Waals surface area contributed by atoms with Crippen LogP contribution in [0, 0.1) is 0 Å². The van der Waals surface area contributed by atoms with E-state index in [1.165, 1.54) is 13.5 Å². The molecular weight excluding hydrogens is 235 g/mol. The minimum absolute atomic E-state index is 0.126. The maximum atomic E-state index is 14.2. The van der Waals surface area contributed by atoms with Gasteiger partial charge in [-0.1, -0.05) is 0 Å². The first kappa shape index (κ1) is 13.7. The fourth-order valence-electron chi connectivity index (χ4n) is 2.86. The number of carbonyl (C=O) groups is 1. The molecule has 1 amide bonds. The van der Waals surface area contributed by atoms with Crippen LogP contribution in [0.25, 0.3) is 0 Å². The predicted octanol–water partition coefficient (Wildman–Crippen LogP) is 1.06. The van der Waals surface area contributed by atoms with Crippen molar-refractivity contribution in [3.63, 3.8) is 0 Å². The molecule has 2 aliphatic heterocycles. The van der Waals surface area contributed by atoms with Crippen LogP contribution in [-0.2, 0) is 9.53 Å². The van der Waals surface area contributed by atoms with E-state index in [1.54, 1.807) is 0 Å². The molecule has 0 saturated carbocycles. The minimum atomic E-state index is -1.27. The first-order valence-corrected chi connectivity index (χ1v) is 6.81. The predicted molar refractivity (Wildman–Crippen MR) is 67.2 cm³/mol. The van der Waals surface area contributed by atoms with Gasteiger partial charge in [0.2, 0.25) is 5.91 Å². The SMILES string of the molecule is COCC1(F)CCN(CC(=O)N2CCCCC2)C1. The van der Waals surface area contributed by atoms with Gasteiger partial charge >= 0.3 is 0 Å². The Labute approximate surface area is 108 Å². The number of ether oxygens (including phenoxy) is 1. The number of amides is 1. The van der Waals surface area contributed by atoms with Crippen LogP contribution >= 0.6 is 0 Å². The van der Waals surface area contributed by atoms with Gasteiger partial charge < -0.3 is 9.64 Å². The maximum Gasteiger partial charge on any atom is 0.236 e. The van der Waals surface area contributed by atoms with Crippen LogP contribution in [0.4, 0.5) is 4.39 Å². The van der Waals surface area contributed by atoms with E-state index in [1.807, 2.05) is 9.80 Å². The van der Waals surface area contributed by atoms with E-state index in [-0.39, 0.29) is 12.5 Å². The summed E-state index contributed by atoms with van der Waals surface area (Å²) in [6.45, 7) is 3.19. The first-order valence-electron chi connectivity index (χ1n) is 6.81. The zero-order valence-corrected chi connectivity index (χ0v) is 11.2. The molecule has 4 nitrogen and oxygen atoms in total. The lowest BCUT2D eigenvalue weighted by Crippen LogP contribution is -2.43. The van der Waals surface area contributed by atoms with Crippen molar-refractivity contribution in [3.8, 4) is 0 Å². The summed E-state index contributed by atoms with van der Waals surface area (Å²) in [6, 6.07) is 0. The highest BCUT2D eigenvalue weighted by molar-refractivity contribution is 5.78. The third-order valence-electron chi connectivity index (χ3n) is 3.85. The molecule has 0 aliphatic carbocycles. The Morgan fingerprint density at radius 3 is 2.67 bits per heavy atom. The Morgan fingerprint density at radius 2 is 2.00 bits per heavy atom. The van der Waals surface area contributed by atoms with E-state index in [9.17, 15) is 9.18 Å². The lowest BCUT2D eigenvalue weighted by molar-refractivity contribution is -0.133. The summed E-state index contributed by atoms with van der Waals surface area (Å²) in [6.07, 6.45) is 3.88. The molecule has 2 aliphatic rings. The van der Waals surface area contributed by atoms with Crippen LogP contribution in [0.15, 0.2) is 0 Å². The molecule has 18 heavy (non-hydrogen) atoms. The molecule has 0 spiro atoms. The monoisotopic (exact) mass is 258 g/mol. The summed E-state index contributed by atoms with van der Waals surface area (Å²) in [5.41, 5.74) is -1.27. The number of alkyl halides is 1. The van der Waals surface area contributed by atoms with Crippen LogP contribution in [0.3, 0.4) is 0 Å². The summed E-state index contributed by atoms with van der Waals surface area (Å²) in [5, 5.41) is 0. The molecule has 5 heteroatoms. The molecule has 104 valence electrons. The van der Waals surface area contributed by atoms with E-state index in [0.717, 1.165) is 25.9 Å². The third kappa shape index (κ3) is 3.42. The average Bonchev–Trinajstić information content (AvgIpc) is 2.72. The quantitative estimate of drug-likeness (QED) is 0.756. The van der Waals surface area contributed by atoms with Crippen LogP contribution in [0.2, 0.25) is 0 Å². The summed E-state index contributed by atoms with van der Waals surface area (Å²) in [5.74, 6) is 0.149. The summed E-state index contributed by atoms with van der Waals surface area (Å²) < 4.78 is 19.1. The van der Waals surface area contributed by atoms with Crippen LogP contribution in [-0.4, -0.2) is 67.8 Å². The number of hydrogen-bond donors (Lipinski definition) is 0. The van der Waals surface area contributed by atoms with Crippen molar-refractivity contribution < 1.29 is 13.9 Å². The molecule has 0 radical (unpaired) electrons. The molecule has 0 N–H and O–H groups in total. The molecule has 2 rings (SSSR count). The number of nitrogens with zero attached hydrogens (tertiary/aromatic N) is 2. The number of halogens is 1. The van der Waals surface area contributed by atoms with Gasteiger partial charge in [-0.15, -0.1) is 0 Å². The topological polar surface area (TPSA) is 32.8 Å². The number of methoxy groups -OCH3 is 1. The van der Waals surface area contributed by atoms with Gasteiger partial charge in [0, 0.05) is 33.3 Å². The fourth-order valence-corrected chi connectivity index (χ4v) is 2.86. The van der Waals surface area contributed by atoms with Crippen LogP contribution in [0.5, 0.6) is 0 Å². The Morgan fingerprint density at radius 1 is 1.28 bits per heavy atom. The molecule has 0 bridgehead atoms.